The second-order valence-electron chi connectivity index (χ2n) is 6.44. The summed E-state index contributed by atoms with van der Waals surface area (Å²) in [6.07, 6.45) is -4.25. The van der Waals surface area contributed by atoms with Crippen LogP contribution in [0.15, 0.2) is 18.2 Å². The molecule has 0 saturated heterocycles. The van der Waals surface area contributed by atoms with Gasteiger partial charge in [-0.1, -0.05) is 17.7 Å². The maximum Gasteiger partial charge on any atom is 0.453 e. The summed E-state index contributed by atoms with van der Waals surface area (Å²) in [6.45, 7) is 5.18. The number of nitrogens with zero attached hydrogens (tertiary/aromatic N) is 4. The third-order valence-electron chi connectivity index (χ3n) is 4.30. The molecule has 0 aliphatic carbocycles. The van der Waals surface area contributed by atoms with E-state index < -0.39 is 12.0 Å². The molecule has 0 saturated carbocycles. The predicted molar refractivity (Wildman–Crippen MR) is 98.4 cm³/mol. The van der Waals surface area contributed by atoms with Crippen molar-refractivity contribution in [3.63, 3.8) is 0 Å². The highest BCUT2D eigenvalue weighted by atomic mass is 35.5. The van der Waals surface area contributed by atoms with Crippen LogP contribution in [0.4, 0.5) is 18.9 Å². The van der Waals surface area contributed by atoms with E-state index in [2.05, 4.69) is 20.4 Å². The average Bonchev–Trinajstić information content (AvgIpc) is 3.01. The first-order valence-corrected chi connectivity index (χ1v) is 8.80. The number of halogens is 4. The molecule has 0 spiro atoms. The van der Waals surface area contributed by atoms with Gasteiger partial charge in [0.15, 0.2) is 0 Å². The van der Waals surface area contributed by atoms with Gasteiger partial charge in [-0.15, -0.1) is 5.10 Å². The Morgan fingerprint density at radius 1 is 1.21 bits per heavy atom. The molecule has 10 heteroatoms. The van der Waals surface area contributed by atoms with E-state index in [0.717, 1.165) is 10.1 Å². The zero-order valence-electron chi connectivity index (χ0n) is 15.4. The smallest absolute Gasteiger partial charge is 0.325 e. The lowest BCUT2D eigenvalue weighted by Crippen LogP contribution is -2.14. The van der Waals surface area contributed by atoms with E-state index in [1.807, 2.05) is 13.0 Å². The van der Waals surface area contributed by atoms with E-state index >= 15 is 0 Å². The second kappa shape index (κ2) is 7.38. The van der Waals surface area contributed by atoms with E-state index in [4.69, 9.17) is 11.6 Å². The summed E-state index contributed by atoms with van der Waals surface area (Å²) in [5.41, 5.74) is 3.10. The molecule has 28 heavy (non-hydrogen) atoms. The Labute approximate surface area is 163 Å². The van der Waals surface area contributed by atoms with E-state index in [9.17, 15) is 18.0 Å². The Morgan fingerprint density at radius 2 is 1.93 bits per heavy atom. The standard InChI is InChI=1S/C18H17ClF3N5O/c1-9-4-6-14(13(19)8-9)24-15(28)7-5-12-10(2)23-17-25-16(18(20,21)22)26-27(17)11(12)3/h4,6,8H,5,7H2,1-3H3,(H,24,28). The van der Waals surface area contributed by atoms with Gasteiger partial charge in [-0.2, -0.15) is 18.2 Å². The maximum absolute atomic E-state index is 12.8. The Hall–Kier alpha value is -2.68. The second-order valence-corrected chi connectivity index (χ2v) is 6.84. The van der Waals surface area contributed by atoms with Crippen LogP contribution in [0.2, 0.25) is 5.02 Å². The molecular weight excluding hydrogens is 395 g/mol. The summed E-state index contributed by atoms with van der Waals surface area (Å²) >= 11 is 6.11. The Balaban J connectivity index is 1.79. The van der Waals surface area contributed by atoms with Gasteiger partial charge in [-0.25, -0.2) is 9.50 Å². The van der Waals surface area contributed by atoms with Crippen molar-refractivity contribution in [1.82, 2.24) is 19.6 Å². The fourth-order valence-corrected chi connectivity index (χ4v) is 3.15. The number of nitrogens with one attached hydrogen (secondary N) is 1. The van der Waals surface area contributed by atoms with Crippen molar-refractivity contribution in [1.29, 1.82) is 0 Å². The summed E-state index contributed by atoms with van der Waals surface area (Å²) in [4.78, 5) is 19.8. The zero-order chi connectivity index (χ0) is 20.6. The number of aromatic nitrogens is 4. The molecule has 2 heterocycles. The number of rotatable bonds is 4. The van der Waals surface area contributed by atoms with E-state index in [0.29, 0.717) is 27.7 Å². The van der Waals surface area contributed by atoms with Crippen LogP contribution in [-0.2, 0) is 17.4 Å². The number of carbonyl (C=O) groups excluding carboxylic acids is 1. The van der Waals surface area contributed by atoms with Crippen molar-refractivity contribution < 1.29 is 18.0 Å². The topological polar surface area (TPSA) is 72.2 Å². The molecule has 1 aromatic carbocycles. The van der Waals surface area contributed by atoms with Gasteiger partial charge in [-0.05, 0) is 50.5 Å². The molecule has 0 atom stereocenters. The van der Waals surface area contributed by atoms with Crippen molar-refractivity contribution in [2.24, 2.45) is 0 Å². The SMILES string of the molecule is Cc1ccc(NC(=O)CCc2c(C)nc3nc(C(F)(F)F)nn3c2C)c(Cl)c1. The van der Waals surface area contributed by atoms with Crippen LogP contribution in [0, 0.1) is 20.8 Å². The molecule has 1 amide bonds. The van der Waals surface area contributed by atoms with Crippen LogP contribution in [0.5, 0.6) is 0 Å². The minimum Gasteiger partial charge on any atom is -0.325 e. The highest BCUT2D eigenvalue weighted by Gasteiger charge is 2.36. The van der Waals surface area contributed by atoms with Gasteiger partial charge in [0.2, 0.25) is 5.91 Å². The quantitative estimate of drug-likeness (QED) is 0.695. The van der Waals surface area contributed by atoms with Crippen molar-refractivity contribution in [2.45, 2.75) is 39.8 Å². The average molecular weight is 412 g/mol. The van der Waals surface area contributed by atoms with Gasteiger partial charge in [0.1, 0.15) is 0 Å². The normalized spacial score (nSPS) is 11.8. The minimum atomic E-state index is -4.65. The molecule has 3 rings (SSSR count). The fourth-order valence-electron chi connectivity index (χ4n) is 2.86. The molecule has 6 nitrogen and oxygen atoms in total. The molecule has 0 radical (unpaired) electrons. The number of carbonyl (C=O) groups is 1. The lowest BCUT2D eigenvalue weighted by atomic mass is 10.1. The summed E-state index contributed by atoms with van der Waals surface area (Å²) in [5, 5.41) is 6.67. The molecular formula is C18H17ClF3N5O. The van der Waals surface area contributed by atoms with Gasteiger partial charge in [0, 0.05) is 17.8 Å². The van der Waals surface area contributed by atoms with Crippen LogP contribution in [0.1, 0.15) is 34.8 Å². The number of amides is 1. The van der Waals surface area contributed by atoms with Crippen molar-refractivity contribution in [2.75, 3.05) is 5.32 Å². The van der Waals surface area contributed by atoms with Crippen LogP contribution in [0.3, 0.4) is 0 Å². The Bertz CT molecular complexity index is 1060. The summed E-state index contributed by atoms with van der Waals surface area (Å²) < 4.78 is 39.6. The predicted octanol–water partition coefficient (Wildman–Crippen LogP) is 4.29. The minimum absolute atomic E-state index is 0.111. The number of aryl methyl sites for hydroxylation is 3. The first kappa shape index (κ1) is 20.1. The lowest BCUT2D eigenvalue weighted by Gasteiger charge is -2.11. The zero-order valence-corrected chi connectivity index (χ0v) is 16.1. The number of hydrogen-bond acceptors (Lipinski definition) is 4. The number of hydrogen-bond donors (Lipinski definition) is 1. The van der Waals surface area contributed by atoms with E-state index in [-0.39, 0.29) is 24.5 Å². The Morgan fingerprint density at radius 3 is 2.57 bits per heavy atom. The van der Waals surface area contributed by atoms with Gasteiger partial charge in [0.05, 0.1) is 10.7 Å². The first-order chi connectivity index (χ1) is 13.1. The lowest BCUT2D eigenvalue weighted by molar-refractivity contribution is -0.144. The molecule has 0 fully saturated rings. The molecule has 1 N–H and O–H groups in total. The largest absolute Gasteiger partial charge is 0.453 e. The maximum atomic E-state index is 12.8. The number of alkyl halides is 3. The fraction of sp³-hybridized carbons (Fsp3) is 0.333. The van der Waals surface area contributed by atoms with Crippen LogP contribution < -0.4 is 5.32 Å². The molecule has 0 aliphatic rings. The van der Waals surface area contributed by atoms with Gasteiger partial charge in [-0.3, -0.25) is 4.79 Å². The van der Waals surface area contributed by atoms with Gasteiger partial charge < -0.3 is 5.32 Å². The van der Waals surface area contributed by atoms with Crippen molar-refractivity contribution in [3.8, 4) is 0 Å². The summed E-state index contributed by atoms with van der Waals surface area (Å²) in [7, 11) is 0. The van der Waals surface area contributed by atoms with Crippen molar-refractivity contribution in [3.05, 3.63) is 51.6 Å². The molecule has 0 unspecified atom stereocenters. The van der Waals surface area contributed by atoms with E-state index in [1.54, 1.807) is 26.0 Å². The molecule has 3 aromatic rings. The van der Waals surface area contributed by atoms with E-state index in [1.165, 1.54) is 0 Å². The first-order valence-electron chi connectivity index (χ1n) is 8.42. The van der Waals surface area contributed by atoms with Crippen molar-refractivity contribution >= 4 is 29.0 Å². The number of benzene rings is 1. The van der Waals surface area contributed by atoms with Crippen LogP contribution in [-0.4, -0.2) is 25.5 Å². The highest BCUT2D eigenvalue weighted by Crippen LogP contribution is 2.27. The number of anilines is 1. The van der Waals surface area contributed by atoms with Gasteiger partial charge >= 0.3 is 6.18 Å². The number of fused-ring (bicyclic) bond motifs is 1. The van der Waals surface area contributed by atoms with Crippen LogP contribution in [0.25, 0.3) is 5.78 Å². The monoisotopic (exact) mass is 411 g/mol. The summed E-state index contributed by atoms with van der Waals surface area (Å²) in [6, 6.07) is 5.29. The Kier molecular flexibility index (Phi) is 5.29. The van der Waals surface area contributed by atoms with Crippen LogP contribution >= 0.6 is 11.6 Å². The molecule has 0 bridgehead atoms. The molecule has 0 aliphatic heterocycles. The third-order valence-corrected chi connectivity index (χ3v) is 4.62. The summed E-state index contributed by atoms with van der Waals surface area (Å²) in [5.74, 6) is -1.63. The highest BCUT2D eigenvalue weighted by molar-refractivity contribution is 6.33. The van der Waals surface area contributed by atoms with Gasteiger partial charge in [0.25, 0.3) is 11.6 Å². The third kappa shape index (κ3) is 4.09. The molecule has 2 aromatic heterocycles. The molecule has 148 valence electrons.